The van der Waals surface area contributed by atoms with Crippen molar-refractivity contribution in [2.75, 3.05) is 12.3 Å². The molecule has 0 amide bonds. The van der Waals surface area contributed by atoms with E-state index in [1.165, 1.54) is 11.8 Å². The zero-order valence-electron chi connectivity index (χ0n) is 23.6. The van der Waals surface area contributed by atoms with Crippen LogP contribution in [0.4, 0.5) is 5.82 Å². The Morgan fingerprint density at radius 3 is 2.21 bits per heavy atom. The van der Waals surface area contributed by atoms with Crippen LogP contribution in [-0.4, -0.2) is 32.9 Å². The summed E-state index contributed by atoms with van der Waals surface area (Å²) in [5, 5.41) is 39.0. The number of nitrogens with zero attached hydrogens (tertiary/aromatic N) is 4. The number of fused-ring (bicyclic) bond motifs is 1. The van der Waals surface area contributed by atoms with Gasteiger partial charge in [0.05, 0.1) is 24.0 Å². The second kappa shape index (κ2) is 13.8. The molecule has 0 spiro atoms. The minimum absolute atomic E-state index is 0.100. The molecule has 8 nitrogen and oxygen atoms in total. The molecule has 1 atom stereocenters. The lowest BCUT2D eigenvalue weighted by Crippen LogP contribution is -2.08. The molecule has 42 heavy (non-hydrogen) atoms. The number of rotatable bonds is 7. The SMILES string of the molecule is CCC(O)CO.Cc1ccc(-c2c(C#N)c(N)nc(SCc3nc(-c4ccc5ccccc5c4)oc3C)c2C#N)cc1. The van der Waals surface area contributed by atoms with E-state index < -0.39 is 6.10 Å². The molecule has 0 radical (unpaired) electrons. The highest BCUT2D eigenvalue weighted by Gasteiger charge is 2.21. The van der Waals surface area contributed by atoms with Crippen LogP contribution >= 0.6 is 11.8 Å². The number of aryl methyl sites for hydroxylation is 2. The molecule has 0 bridgehead atoms. The first-order valence-electron chi connectivity index (χ1n) is 13.4. The molecule has 4 N–H and O–H groups in total. The van der Waals surface area contributed by atoms with Gasteiger partial charge in [0.2, 0.25) is 5.89 Å². The summed E-state index contributed by atoms with van der Waals surface area (Å²) < 4.78 is 5.98. The number of pyridine rings is 1. The molecule has 0 fully saturated rings. The van der Waals surface area contributed by atoms with E-state index in [1.807, 2.05) is 69.3 Å². The van der Waals surface area contributed by atoms with Crippen LogP contribution in [0.15, 0.2) is 76.2 Å². The number of anilines is 1. The van der Waals surface area contributed by atoms with Gasteiger partial charge in [0.1, 0.15) is 34.3 Å². The fourth-order valence-electron chi connectivity index (χ4n) is 4.19. The summed E-state index contributed by atoms with van der Waals surface area (Å²) in [7, 11) is 0. The Labute approximate surface area is 249 Å². The summed E-state index contributed by atoms with van der Waals surface area (Å²) in [5.74, 6) is 1.78. The first-order valence-corrected chi connectivity index (χ1v) is 14.4. The molecule has 5 aromatic rings. The van der Waals surface area contributed by atoms with E-state index in [1.54, 1.807) is 0 Å². The molecule has 2 aromatic heterocycles. The van der Waals surface area contributed by atoms with E-state index in [9.17, 15) is 10.5 Å². The molecular formula is C33H31N5O3S. The van der Waals surface area contributed by atoms with Gasteiger partial charge in [-0.2, -0.15) is 10.5 Å². The topological polar surface area (TPSA) is 153 Å². The Morgan fingerprint density at radius 1 is 0.929 bits per heavy atom. The van der Waals surface area contributed by atoms with Crippen molar-refractivity contribution in [3.8, 4) is 34.7 Å². The Morgan fingerprint density at radius 2 is 1.60 bits per heavy atom. The number of nitrogen functional groups attached to an aromatic ring is 1. The van der Waals surface area contributed by atoms with Crippen molar-refractivity contribution in [2.45, 2.75) is 44.1 Å². The van der Waals surface area contributed by atoms with E-state index >= 15 is 0 Å². The number of nitrogens with two attached hydrogens (primary N) is 1. The Balaban J connectivity index is 0.000000612. The Bertz CT molecular complexity index is 1780. The van der Waals surface area contributed by atoms with Crippen molar-refractivity contribution in [2.24, 2.45) is 0 Å². The maximum atomic E-state index is 10.0. The van der Waals surface area contributed by atoms with E-state index in [2.05, 4.69) is 35.3 Å². The summed E-state index contributed by atoms with van der Waals surface area (Å²) in [5.41, 5.74) is 10.7. The van der Waals surface area contributed by atoms with Crippen LogP contribution in [0.5, 0.6) is 0 Å². The molecule has 0 aliphatic heterocycles. The molecular weight excluding hydrogens is 546 g/mol. The van der Waals surface area contributed by atoms with Gasteiger partial charge in [-0.3, -0.25) is 0 Å². The number of hydrogen-bond acceptors (Lipinski definition) is 9. The summed E-state index contributed by atoms with van der Waals surface area (Å²) in [6.45, 7) is 5.56. The predicted molar refractivity (Wildman–Crippen MR) is 165 cm³/mol. The van der Waals surface area contributed by atoms with Gasteiger partial charge in [-0.15, -0.1) is 0 Å². The van der Waals surface area contributed by atoms with E-state index in [0.717, 1.165) is 33.2 Å². The second-order valence-electron chi connectivity index (χ2n) is 9.63. The maximum Gasteiger partial charge on any atom is 0.226 e. The van der Waals surface area contributed by atoms with Crippen LogP contribution < -0.4 is 5.73 Å². The van der Waals surface area contributed by atoms with Gasteiger partial charge in [0.15, 0.2) is 0 Å². The van der Waals surface area contributed by atoms with Crippen LogP contribution in [0, 0.1) is 36.5 Å². The largest absolute Gasteiger partial charge is 0.441 e. The summed E-state index contributed by atoms with van der Waals surface area (Å²) in [6, 6.07) is 26.3. The van der Waals surface area contributed by atoms with Crippen LogP contribution in [0.25, 0.3) is 33.4 Å². The molecule has 1 unspecified atom stereocenters. The van der Waals surface area contributed by atoms with Crippen molar-refractivity contribution in [1.82, 2.24) is 9.97 Å². The third-order valence-corrected chi connectivity index (χ3v) is 7.66. The highest BCUT2D eigenvalue weighted by Crippen LogP contribution is 2.37. The number of hydrogen-bond donors (Lipinski definition) is 3. The standard InChI is InChI=1S/C29H21N5OS.C4H10O2/c1-17-7-9-20(10-8-17)26-23(14-30)27(32)34-29(24(26)15-31)36-16-25-18(2)35-28(33-25)22-12-11-19-5-3-4-6-21(19)13-22;1-2-4(6)3-5/h3-13H,16H2,1-2H3,(H2,32,34);4-6H,2-3H2,1H3. The summed E-state index contributed by atoms with van der Waals surface area (Å²) in [6.07, 6.45) is 0.126. The highest BCUT2D eigenvalue weighted by molar-refractivity contribution is 7.98. The molecule has 0 aliphatic rings. The first kappa shape index (κ1) is 30.3. The lowest BCUT2D eigenvalue weighted by molar-refractivity contribution is 0.0923. The number of thioether (sulfide) groups is 1. The summed E-state index contributed by atoms with van der Waals surface area (Å²) in [4.78, 5) is 9.12. The average Bonchev–Trinajstić information content (AvgIpc) is 3.39. The van der Waals surface area contributed by atoms with Crippen molar-refractivity contribution < 1.29 is 14.6 Å². The average molecular weight is 578 g/mol. The van der Waals surface area contributed by atoms with Gasteiger partial charge in [0, 0.05) is 16.9 Å². The molecule has 3 aromatic carbocycles. The van der Waals surface area contributed by atoms with Gasteiger partial charge in [0.25, 0.3) is 0 Å². The number of aromatic nitrogens is 2. The van der Waals surface area contributed by atoms with Crippen LogP contribution in [-0.2, 0) is 5.75 Å². The lowest BCUT2D eigenvalue weighted by Gasteiger charge is -2.13. The van der Waals surface area contributed by atoms with Gasteiger partial charge in [-0.05, 0) is 48.7 Å². The van der Waals surface area contributed by atoms with E-state index in [-0.39, 0.29) is 18.0 Å². The van der Waals surface area contributed by atoms with Gasteiger partial charge >= 0.3 is 0 Å². The maximum absolute atomic E-state index is 10.0. The molecule has 0 saturated heterocycles. The molecule has 0 aliphatic carbocycles. The summed E-state index contributed by atoms with van der Waals surface area (Å²) >= 11 is 1.35. The quantitative estimate of drug-likeness (QED) is 0.183. The minimum Gasteiger partial charge on any atom is -0.441 e. The minimum atomic E-state index is -0.509. The molecule has 5 rings (SSSR count). The van der Waals surface area contributed by atoms with Crippen molar-refractivity contribution in [3.05, 3.63) is 94.9 Å². The first-order chi connectivity index (χ1) is 20.3. The van der Waals surface area contributed by atoms with Gasteiger partial charge < -0.3 is 20.4 Å². The lowest BCUT2D eigenvalue weighted by atomic mass is 9.96. The smallest absolute Gasteiger partial charge is 0.226 e. The third kappa shape index (κ3) is 6.79. The van der Waals surface area contributed by atoms with Crippen molar-refractivity contribution >= 4 is 28.4 Å². The highest BCUT2D eigenvalue weighted by atomic mass is 32.2. The number of aliphatic hydroxyl groups is 2. The van der Waals surface area contributed by atoms with Crippen molar-refractivity contribution in [1.29, 1.82) is 10.5 Å². The van der Waals surface area contributed by atoms with E-state index in [4.69, 9.17) is 25.3 Å². The van der Waals surface area contributed by atoms with Crippen LogP contribution in [0.3, 0.4) is 0 Å². The van der Waals surface area contributed by atoms with Crippen molar-refractivity contribution in [3.63, 3.8) is 0 Å². The number of oxazole rings is 1. The van der Waals surface area contributed by atoms with Crippen LogP contribution in [0.1, 0.15) is 41.5 Å². The number of aliphatic hydroxyl groups excluding tert-OH is 2. The van der Waals surface area contributed by atoms with Gasteiger partial charge in [-0.25, -0.2) is 9.97 Å². The Hall–Kier alpha value is -4.67. The molecule has 212 valence electrons. The molecule has 2 heterocycles. The normalized spacial score (nSPS) is 11.3. The Kier molecular flexibility index (Phi) is 9.95. The number of benzene rings is 3. The van der Waals surface area contributed by atoms with Crippen LogP contribution in [0.2, 0.25) is 0 Å². The second-order valence-corrected chi connectivity index (χ2v) is 10.6. The monoisotopic (exact) mass is 577 g/mol. The molecule has 0 saturated carbocycles. The molecule has 9 heteroatoms. The zero-order chi connectivity index (χ0) is 30.2. The van der Waals surface area contributed by atoms with E-state index in [0.29, 0.717) is 40.0 Å². The fraction of sp³-hybridized carbons (Fsp3) is 0.212. The fourth-order valence-corrected chi connectivity index (χ4v) is 5.18. The predicted octanol–water partition coefficient (Wildman–Crippen LogP) is 6.54. The number of nitriles is 2. The van der Waals surface area contributed by atoms with Gasteiger partial charge in [-0.1, -0.05) is 78.8 Å². The third-order valence-electron chi connectivity index (χ3n) is 6.67. The zero-order valence-corrected chi connectivity index (χ0v) is 24.4.